The van der Waals surface area contributed by atoms with Gasteiger partial charge in [-0.05, 0) is 13.5 Å². The lowest BCUT2D eigenvalue weighted by atomic mass is 10.3. The average Bonchev–Trinajstić information content (AvgIpc) is 2.29. The molecule has 0 aromatic heterocycles. The molecule has 1 fully saturated rings. The molecule has 4 nitrogen and oxygen atoms in total. The fourth-order valence-corrected chi connectivity index (χ4v) is 1.72. The summed E-state index contributed by atoms with van der Waals surface area (Å²) in [6.45, 7) is 7.20. The largest absolute Gasteiger partial charge is 0.381 e. The van der Waals surface area contributed by atoms with Crippen molar-refractivity contribution in [1.29, 1.82) is 0 Å². The first-order valence-corrected chi connectivity index (χ1v) is 6.28. The number of unbranched alkanes of at least 4 members (excludes halogenated alkanes) is 1. The molecule has 0 spiro atoms. The van der Waals surface area contributed by atoms with Crippen molar-refractivity contribution >= 4 is 5.91 Å². The number of carbonyl (C=O) groups is 1. The Morgan fingerprint density at radius 3 is 2.50 bits per heavy atom. The second-order valence-corrected chi connectivity index (χ2v) is 4.40. The molecule has 16 heavy (non-hydrogen) atoms. The maximum Gasteiger partial charge on any atom is 0.224 e. The molecule has 0 atom stereocenters. The Morgan fingerprint density at radius 2 is 1.88 bits per heavy atom. The fourth-order valence-electron chi connectivity index (χ4n) is 1.72. The smallest absolute Gasteiger partial charge is 0.224 e. The number of rotatable bonds is 6. The summed E-state index contributed by atoms with van der Waals surface area (Å²) in [6.07, 6.45) is 2.77. The van der Waals surface area contributed by atoms with E-state index in [0.717, 1.165) is 45.6 Å². The molecule has 0 unspecified atom stereocenters. The Labute approximate surface area is 98.5 Å². The van der Waals surface area contributed by atoms with Crippen LogP contribution < -0.4 is 0 Å². The molecule has 1 amide bonds. The van der Waals surface area contributed by atoms with Gasteiger partial charge in [-0.1, -0.05) is 13.3 Å². The van der Waals surface area contributed by atoms with Crippen LogP contribution in [0.2, 0.25) is 0 Å². The second-order valence-electron chi connectivity index (χ2n) is 4.40. The molecule has 0 aromatic rings. The summed E-state index contributed by atoms with van der Waals surface area (Å²) >= 11 is 0. The number of carbonyl (C=O) groups excluding carboxylic acids is 1. The summed E-state index contributed by atoms with van der Waals surface area (Å²) in [7, 11) is 2.09. The van der Waals surface area contributed by atoms with Crippen LogP contribution in [0.25, 0.3) is 0 Å². The van der Waals surface area contributed by atoms with E-state index in [1.165, 1.54) is 0 Å². The Balaban J connectivity index is 2.06. The van der Waals surface area contributed by atoms with Crippen LogP contribution in [0.1, 0.15) is 26.2 Å². The van der Waals surface area contributed by atoms with Gasteiger partial charge in [0.25, 0.3) is 0 Å². The molecule has 1 aliphatic heterocycles. The van der Waals surface area contributed by atoms with Gasteiger partial charge in [-0.15, -0.1) is 0 Å². The van der Waals surface area contributed by atoms with Gasteiger partial charge in [-0.25, -0.2) is 0 Å². The summed E-state index contributed by atoms with van der Waals surface area (Å²) in [6, 6.07) is 0. The van der Waals surface area contributed by atoms with Gasteiger partial charge in [0.1, 0.15) is 0 Å². The third kappa shape index (κ3) is 4.94. The first-order valence-electron chi connectivity index (χ1n) is 6.28. The van der Waals surface area contributed by atoms with Crippen molar-refractivity contribution in [2.45, 2.75) is 26.2 Å². The van der Waals surface area contributed by atoms with Crippen molar-refractivity contribution in [3.63, 3.8) is 0 Å². The Bertz CT molecular complexity index is 201. The number of likely N-dealkylation sites (N-methyl/N-ethyl adjacent to an activating group) is 1. The van der Waals surface area contributed by atoms with Gasteiger partial charge in [0.2, 0.25) is 5.91 Å². The van der Waals surface area contributed by atoms with Crippen molar-refractivity contribution < 1.29 is 9.53 Å². The maximum absolute atomic E-state index is 11.8. The molecular formula is C12H24N2O2. The highest BCUT2D eigenvalue weighted by Crippen LogP contribution is 2.02. The first kappa shape index (κ1) is 13.5. The number of amides is 1. The second kappa shape index (κ2) is 7.63. The van der Waals surface area contributed by atoms with Gasteiger partial charge in [0, 0.05) is 32.8 Å². The van der Waals surface area contributed by atoms with E-state index in [9.17, 15) is 4.79 Å². The quantitative estimate of drug-likeness (QED) is 0.635. The molecule has 0 aliphatic carbocycles. The minimum Gasteiger partial charge on any atom is -0.381 e. The van der Waals surface area contributed by atoms with E-state index < -0.39 is 0 Å². The molecule has 0 radical (unpaired) electrons. The third-order valence-corrected chi connectivity index (χ3v) is 2.96. The zero-order chi connectivity index (χ0) is 11.8. The van der Waals surface area contributed by atoms with E-state index in [2.05, 4.69) is 18.9 Å². The molecule has 94 valence electrons. The van der Waals surface area contributed by atoms with Crippen molar-refractivity contribution in [2.75, 3.05) is 46.4 Å². The summed E-state index contributed by atoms with van der Waals surface area (Å²) < 4.78 is 5.40. The van der Waals surface area contributed by atoms with Gasteiger partial charge in [-0.2, -0.15) is 0 Å². The van der Waals surface area contributed by atoms with Gasteiger partial charge in [0.05, 0.1) is 13.0 Å². The summed E-state index contributed by atoms with van der Waals surface area (Å²) in [5.74, 6) is 0.240. The number of hydrogen-bond acceptors (Lipinski definition) is 3. The molecule has 1 rings (SSSR count). The highest BCUT2D eigenvalue weighted by atomic mass is 16.5. The summed E-state index contributed by atoms with van der Waals surface area (Å²) in [5.41, 5.74) is 0. The molecule has 0 bridgehead atoms. The zero-order valence-corrected chi connectivity index (χ0v) is 10.6. The van der Waals surface area contributed by atoms with Crippen LogP contribution >= 0.6 is 0 Å². The van der Waals surface area contributed by atoms with Crippen molar-refractivity contribution in [1.82, 2.24) is 9.80 Å². The number of nitrogens with zero attached hydrogens (tertiary/aromatic N) is 2. The predicted octanol–water partition coefficient (Wildman–Crippen LogP) is 0.967. The molecular weight excluding hydrogens is 204 g/mol. The van der Waals surface area contributed by atoms with Gasteiger partial charge < -0.3 is 14.5 Å². The molecule has 1 heterocycles. The van der Waals surface area contributed by atoms with Crippen molar-refractivity contribution in [3.8, 4) is 0 Å². The third-order valence-electron chi connectivity index (χ3n) is 2.96. The highest BCUT2D eigenvalue weighted by molar-refractivity contribution is 5.76. The zero-order valence-electron chi connectivity index (χ0n) is 10.6. The first-order chi connectivity index (χ1) is 7.74. The van der Waals surface area contributed by atoms with E-state index >= 15 is 0 Å². The number of hydrogen-bond donors (Lipinski definition) is 0. The minimum absolute atomic E-state index is 0.240. The molecule has 1 saturated heterocycles. The van der Waals surface area contributed by atoms with E-state index in [1.807, 2.05) is 4.90 Å². The lowest BCUT2D eigenvalue weighted by molar-refractivity contribution is -0.133. The van der Waals surface area contributed by atoms with Gasteiger partial charge >= 0.3 is 0 Å². The van der Waals surface area contributed by atoms with Crippen LogP contribution in [-0.2, 0) is 9.53 Å². The van der Waals surface area contributed by atoms with Crippen LogP contribution in [0.4, 0.5) is 0 Å². The summed E-state index contributed by atoms with van der Waals surface area (Å²) in [5, 5.41) is 0. The van der Waals surface area contributed by atoms with Crippen molar-refractivity contribution in [2.24, 2.45) is 0 Å². The molecule has 0 aromatic carbocycles. The Morgan fingerprint density at radius 1 is 1.19 bits per heavy atom. The lowest BCUT2D eigenvalue weighted by Gasteiger charge is -2.32. The molecule has 4 heteroatoms. The van der Waals surface area contributed by atoms with Gasteiger partial charge in [0.15, 0.2) is 0 Å². The monoisotopic (exact) mass is 228 g/mol. The van der Waals surface area contributed by atoms with E-state index in [-0.39, 0.29) is 5.91 Å². The number of ether oxygens (including phenoxy) is 1. The van der Waals surface area contributed by atoms with Crippen LogP contribution in [-0.4, -0.2) is 62.1 Å². The van der Waals surface area contributed by atoms with E-state index in [1.54, 1.807) is 0 Å². The average molecular weight is 228 g/mol. The van der Waals surface area contributed by atoms with Crippen LogP contribution in [0.15, 0.2) is 0 Å². The highest BCUT2D eigenvalue weighted by Gasteiger charge is 2.18. The van der Waals surface area contributed by atoms with Crippen LogP contribution in [0, 0.1) is 0 Å². The standard InChI is InChI=1S/C12H24N2O2/c1-3-4-10-16-11-5-12(15)14-8-6-13(2)7-9-14/h3-11H2,1-2H3. The number of piperazine rings is 1. The topological polar surface area (TPSA) is 32.8 Å². The van der Waals surface area contributed by atoms with Gasteiger partial charge in [-0.3, -0.25) is 4.79 Å². The van der Waals surface area contributed by atoms with E-state index in [4.69, 9.17) is 4.74 Å². The maximum atomic E-state index is 11.8. The molecule has 0 N–H and O–H groups in total. The minimum atomic E-state index is 0.240. The predicted molar refractivity (Wildman–Crippen MR) is 64.4 cm³/mol. The van der Waals surface area contributed by atoms with Crippen LogP contribution in [0.3, 0.4) is 0 Å². The normalized spacial score (nSPS) is 17.8. The molecule has 1 aliphatic rings. The summed E-state index contributed by atoms with van der Waals surface area (Å²) in [4.78, 5) is 16.0. The van der Waals surface area contributed by atoms with Crippen molar-refractivity contribution in [3.05, 3.63) is 0 Å². The lowest BCUT2D eigenvalue weighted by Crippen LogP contribution is -2.47. The van der Waals surface area contributed by atoms with Crippen LogP contribution in [0.5, 0.6) is 0 Å². The molecule has 0 saturated carbocycles. The Kier molecular flexibility index (Phi) is 6.42. The SMILES string of the molecule is CCCCOCCC(=O)N1CCN(C)CC1. The van der Waals surface area contributed by atoms with E-state index in [0.29, 0.717) is 13.0 Å². The Hall–Kier alpha value is -0.610. The fraction of sp³-hybridized carbons (Fsp3) is 0.917.